The number of aromatic nitrogens is 4. The van der Waals surface area contributed by atoms with Crippen molar-refractivity contribution in [2.75, 3.05) is 32.5 Å². The average molecular weight is 264 g/mol. The van der Waals surface area contributed by atoms with Crippen LogP contribution in [0, 0.1) is 0 Å². The van der Waals surface area contributed by atoms with E-state index in [1.165, 1.54) is 0 Å². The molecule has 2 aromatic rings. The van der Waals surface area contributed by atoms with Gasteiger partial charge in [-0.15, -0.1) is 0 Å². The van der Waals surface area contributed by atoms with Crippen LogP contribution in [-0.4, -0.2) is 51.5 Å². The van der Waals surface area contributed by atoms with Gasteiger partial charge in [-0.05, 0) is 14.0 Å². The lowest BCUT2D eigenvalue weighted by molar-refractivity contribution is 0.119. The first kappa shape index (κ1) is 13.7. The summed E-state index contributed by atoms with van der Waals surface area (Å²) in [7, 11) is 3.85. The molecule has 0 unspecified atom stereocenters. The summed E-state index contributed by atoms with van der Waals surface area (Å²) in [5.74, 6) is 1.18. The van der Waals surface area contributed by atoms with Crippen LogP contribution in [-0.2, 0) is 18.3 Å². The third-order valence-corrected chi connectivity index (χ3v) is 2.90. The molecule has 104 valence electrons. The monoisotopic (exact) mass is 264 g/mol. The molecular weight excluding hydrogens is 244 g/mol. The van der Waals surface area contributed by atoms with E-state index in [-0.39, 0.29) is 0 Å². The van der Waals surface area contributed by atoms with Gasteiger partial charge in [0.15, 0.2) is 5.65 Å². The van der Waals surface area contributed by atoms with E-state index in [1.807, 2.05) is 21.0 Å². The smallest absolute Gasteiger partial charge is 0.163 e. The molecule has 2 N–H and O–H groups in total. The standard InChI is InChI=1S/C12H20N6O/c1-4-19-6-5-17(2)8-10-15-11(13)9-7-14-18(3)12(9)16-10/h7H,4-6,8H2,1-3H3,(H2,13,15,16). The Kier molecular flexibility index (Phi) is 4.28. The Morgan fingerprint density at radius 2 is 2.21 bits per heavy atom. The Morgan fingerprint density at radius 1 is 1.42 bits per heavy atom. The summed E-state index contributed by atoms with van der Waals surface area (Å²) in [4.78, 5) is 10.9. The second kappa shape index (κ2) is 5.94. The predicted octanol–water partition coefficient (Wildman–Crippen LogP) is 0.414. The van der Waals surface area contributed by atoms with Gasteiger partial charge in [-0.2, -0.15) is 5.10 Å². The van der Waals surface area contributed by atoms with Gasteiger partial charge in [0.05, 0.1) is 24.7 Å². The van der Waals surface area contributed by atoms with Gasteiger partial charge in [0.1, 0.15) is 11.6 Å². The molecule has 0 amide bonds. The van der Waals surface area contributed by atoms with E-state index in [0.717, 1.165) is 24.2 Å². The summed E-state index contributed by atoms with van der Waals surface area (Å²) in [5, 5.41) is 4.93. The van der Waals surface area contributed by atoms with Crippen molar-refractivity contribution in [3.05, 3.63) is 12.0 Å². The molecule has 0 aliphatic heterocycles. The lowest BCUT2D eigenvalue weighted by Crippen LogP contribution is -2.24. The zero-order chi connectivity index (χ0) is 13.8. The van der Waals surface area contributed by atoms with E-state index in [4.69, 9.17) is 10.5 Å². The summed E-state index contributed by atoms with van der Waals surface area (Å²) in [5.41, 5.74) is 6.68. The van der Waals surface area contributed by atoms with Crippen LogP contribution in [0.4, 0.5) is 5.82 Å². The summed E-state index contributed by atoms with van der Waals surface area (Å²) < 4.78 is 7.03. The van der Waals surface area contributed by atoms with Gasteiger partial charge in [0, 0.05) is 20.2 Å². The van der Waals surface area contributed by atoms with Gasteiger partial charge < -0.3 is 10.5 Å². The highest BCUT2D eigenvalue weighted by molar-refractivity contribution is 5.84. The van der Waals surface area contributed by atoms with Crippen molar-refractivity contribution < 1.29 is 4.74 Å². The van der Waals surface area contributed by atoms with Crippen molar-refractivity contribution in [2.45, 2.75) is 13.5 Å². The van der Waals surface area contributed by atoms with Crippen molar-refractivity contribution in [3.63, 3.8) is 0 Å². The van der Waals surface area contributed by atoms with Gasteiger partial charge >= 0.3 is 0 Å². The lowest BCUT2D eigenvalue weighted by atomic mass is 10.4. The summed E-state index contributed by atoms with van der Waals surface area (Å²) in [6.45, 7) is 4.90. The fourth-order valence-corrected chi connectivity index (χ4v) is 1.85. The molecule has 0 aliphatic carbocycles. The van der Waals surface area contributed by atoms with Gasteiger partial charge in [-0.25, -0.2) is 9.97 Å². The van der Waals surface area contributed by atoms with Crippen molar-refractivity contribution in [1.82, 2.24) is 24.6 Å². The maximum Gasteiger partial charge on any atom is 0.163 e. The number of rotatable bonds is 6. The second-order valence-corrected chi connectivity index (χ2v) is 4.47. The number of nitrogens with two attached hydrogens (primary N) is 1. The van der Waals surface area contributed by atoms with Gasteiger partial charge in [-0.1, -0.05) is 0 Å². The molecule has 0 aromatic carbocycles. The van der Waals surface area contributed by atoms with Crippen LogP contribution in [0.1, 0.15) is 12.7 Å². The highest BCUT2D eigenvalue weighted by Gasteiger charge is 2.10. The summed E-state index contributed by atoms with van der Waals surface area (Å²) >= 11 is 0. The van der Waals surface area contributed by atoms with Crippen LogP contribution in [0.3, 0.4) is 0 Å². The fourth-order valence-electron chi connectivity index (χ4n) is 1.85. The van der Waals surface area contributed by atoms with Crippen molar-refractivity contribution in [2.24, 2.45) is 7.05 Å². The Bertz CT molecular complexity index is 552. The van der Waals surface area contributed by atoms with Gasteiger partial charge in [-0.3, -0.25) is 9.58 Å². The first-order chi connectivity index (χ1) is 9.11. The third kappa shape index (κ3) is 3.18. The average Bonchev–Trinajstić information content (AvgIpc) is 2.72. The van der Waals surface area contributed by atoms with Crippen molar-refractivity contribution in [1.29, 1.82) is 0 Å². The molecule has 19 heavy (non-hydrogen) atoms. The van der Waals surface area contributed by atoms with E-state index in [9.17, 15) is 0 Å². The number of ether oxygens (including phenoxy) is 1. The molecule has 0 atom stereocenters. The molecule has 7 nitrogen and oxygen atoms in total. The number of nitrogen functional groups attached to an aromatic ring is 1. The van der Waals surface area contributed by atoms with Crippen LogP contribution in [0.25, 0.3) is 11.0 Å². The zero-order valence-electron chi connectivity index (χ0n) is 11.6. The highest BCUT2D eigenvalue weighted by Crippen LogP contribution is 2.16. The molecular formula is C12H20N6O. The van der Waals surface area contributed by atoms with E-state index in [2.05, 4.69) is 20.0 Å². The minimum Gasteiger partial charge on any atom is -0.383 e. The Balaban J connectivity index is 2.10. The second-order valence-electron chi connectivity index (χ2n) is 4.47. The third-order valence-electron chi connectivity index (χ3n) is 2.90. The van der Waals surface area contributed by atoms with Gasteiger partial charge in [0.2, 0.25) is 0 Å². The quantitative estimate of drug-likeness (QED) is 0.761. The zero-order valence-corrected chi connectivity index (χ0v) is 11.6. The Hall–Kier alpha value is -1.73. The molecule has 7 heteroatoms. The number of likely N-dealkylation sites (N-methyl/N-ethyl adjacent to an activating group) is 1. The molecule has 2 rings (SSSR count). The SMILES string of the molecule is CCOCCN(C)Cc1nc(N)c2cnn(C)c2n1. The number of anilines is 1. The number of nitrogens with zero attached hydrogens (tertiary/aromatic N) is 5. The predicted molar refractivity (Wildman–Crippen MR) is 73.5 cm³/mol. The molecule has 2 aromatic heterocycles. The van der Waals surface area contributed by atoms with E-state index in [0.29, 0.717) is 24.8 Å². The molecule has 0 bridgehead atoms. The fraction of sp³-hybridized carbons (Fsp3) is 0.583. The normalized spacial score (nSPS) is 11.6. The lowest BCUT2D eigenvalue weighted by Gasteiger charge is -2.15. The first-order valence-corrected chi connectivity index (χ1v) is 6.32. The van der Waals surface area contributed by atoms with E-state index < -0.39 is 0 Å². The molecule has 0 aliphatic rings. The maximum atomic E-state index is 5.92. The Labute approximate surface area is 112 Å². The first-order valence-electron chi connectivity index (χ1n) is 6.32. The van der Waals surface area contributed by atoms with Crippen LogP contribution in [0.2, 0.25) is 0 Å². The number of fused-ring (bicyclic) bond motifs is 1. The minimum atomic E-state index is 0.478. The van der Waals surface area contributed by atoms with Crippen LogP contribution in [0.15, 0.2) is 6.20 Å². The minimum absolute atomic E-state index is 0.478. The van der Waals surface area contributed by atoms with Crippen molar-refractivity contribution in [3.8, 4) is 0 Å². The highest BCUT2D eigenvalue weighted by atomic mass is 16.5. The molecule has 0 saturated carbocycles. The number of aryl methyl sites for hydroxylation is 1. The number of hydrogen-bond acceptors (Lipinski definition) is 6. The van der Waals surface area contributed by atoms with Crippen LogP contribution < -0.4 is 5.73 Å². The molecule has 0 saturated heterocycles. The van der Waals surface area contributed by atoms with E-state index in [1.54, 1.807) is 10.9 Å². The van der Waals surface area contributed by atoms with Crippen LogP contribution in [0.5, 0.6) is 0 Å². The summed E-state index contributed by atoms with van der Waals surface area (Å²) in [6.07, 6.45) is 1.69. The van der Waals surface area contributed by atoms with E-state index >= 15 is 0 Å². The summed E-state index contributed by atoms with van der Waals surface area (Å²) in [6, 6.07) is 0. The molecule has 0 fully saturated rings. The maximum absolute atomic E-state index is 5.92. The molecule has 0 spiro atoms. The Morgan fingerprint density at radius 3 is 2.95 bits per heavy atom. The van der Waals surface area contributed by atoms with Crippen LogP contribution >= 0.6 is 0 Å². The largest absolute Gasteiger partial charge is 0.383 e. The topological polar surface area (TPSA) is 82.1 Å². The molecule has 2 heterocycles. The van der Waals surface area contributed by atoms with Gasteiger partial charge in [0.25, 0.3) is 0 Å². The van der Waals surface area contributed by atoms with Crippen molar-refractivity contribution >= 4 is 16.9 Å². The number of hydrogen-bond donors (Lipinski definition) is 1. The molecule has 0 radical (unpaired) electrons.